The standard InChI is InChI=1S/C16H15FN2O5/c1-23-15-5-4-10(7-13(15)17)18(9-11-3-2-6-24-11)16(20)12-8-14(12)19(21)22/h2-7,12,14H,8-9H2,1H3. The number of methoxy groups -OCH3 is 1. The minimum Gasteiger partial charge on any atom is -0.494 e. The van der Waals surface area contributed by atoms with Crippen LogP contribution < -0.4 is 9.64 Å². The van der Waals surface area contributed by atoms with Gasteiger partial charge in [-0.15, -0.1) is 0 Å². The molecule has 7 nitrogen and oxygen atoms in total. The van der Waals surface area contributed by atoms with Crippen molar-refractivity contribution in [3.05, 3.63) is 58.3 Å². The Balaban J connectivity index is 1.89. The van der Waals surface area contributed by atoms with Crippen LogP contribution in [0, 0.1) is 21.8 Å². The van der Waals surface area contributed by atoms with Gasteiger partial charge in [-0.3, -0.25) is 14.9 Å². The number of hydrogen-bond donors (Lipinski definition) is 0. The first-order valence-corrected chi connectivity index (χ1v) is 7.32. The lowest BCUT2D eigenvalue weighted by Crippen LogP contribution is -2.33. The fourth-order valence-electron chi connectivity index (χ4n) is 2.56. The van der Waals surface area contributed by atoms with Crippen LogP contribution in [0.15, 0.2) is 41.0 Å². The molecule has 1 aliphatic carbocycles. The maximum absolute atomic E-state index is 14.0. The zero-order valence-electron chi connectivity index (χ0n) is 12.8. The monoisotopic (exact) mass is 334 g/mol. The molecule has 1 saturated carbocycles. The first-order chi connectivity index (χ1) is 11.5. The molecule has 1 heterocycles. The molecule has 2 atom stereocenters. The smallest absolute Gasteiger partial charge is 0.237 e. The number of rotatable bonds is 6. The fourth-order valence-corrected chi connectivity index (χ4v) is 2.56. The number of nitrogens with zero attached hydrogens (tertiary/aromatic N) is 2. The van der Waals surface area contributed by atoms with Crippen LogP contribution in [-0.4, -0.2) is 24.0 Å². The Morgan fingerprint density at radius 2 is 2.29 bits per heavy atom. The highest BCUT2D eigenvalue weighted by atomic mass is 19.1. The topological polar surface area (TPSA) is 85.8 Å². The lowest BCUT2D eigenvalue weighted by molar-refractivity contribution is -0.497. The quantitative estimate of drug-likeness (QED) is 0.599. The molecule has 0 radical (unpaired) electrons. The lowest BCUT2D eigenvalue weighted by atomic mass is 10.2. The normalized spacial score (nSPS) is 18.9. The van der Waals surface area contributed by atoms with Crippen LogP contribution in [0.4, 0.5) is 10.1 Å². The molecule has 1 aromatic carbocycles. The van der Waals surface area contributed by atoms with E-state index in [1.54, 1.807) is 12.1 Å². The molecule has 0 saturated heterocycles. The Kier molecular flexibility index (Phi) is 4.20. The van der Waals surface area contributed by atoms with Gasteiger partial charge in [-0.05, 0) is 24.3 Å². The Bertz CT molecular complexity index is 762. The third kappa shape index (κ3) is 3.08. The second-order valence-corrected chi connectivity index (χ2v) is 5.52. The van der Waals surface area contributed by atoms with Crippen molar-refractivity contribution >= 4 is 11.6 Å². The molecule has 24 heavy (non-hydrogen) atoms. The SMILES string of the molecule is COc1ccc(N(Cc2ccco2)C(=O)C2CC2[N+](=O)[O-])cc1F. The molecule has 0 bridgehead atoms. The Morgan fingerprint density at radius 1 is 1.50 bits per heavy atom. The van der Waals surface area contributed by atoms with E-state index in [0.717, 1.165) is 0 Å². The second kappa shape index (κ2) is 6.31. The molecule has 126 valence electrons. The highest BCUT2D eigenvalue weighted by Crippen LogP contribution is 2.37. The molecule has 2 unspecified atom stereocenters. The van der Waals surface area contributed by atoms with Crippen molar-refractivity contribution < 1.29 is 23.3 Å². The molecule has 0 aliphatic heterocycles. The van der Waals surface area contributed by atoms with Crippen molar-refractivity contribution in [1.82, 2.24) is 0 Å². The summed E-state index contributed by atoms with van der Waals surface area (Å²) in [7, 11) is 1.34. The van der Waals surface area contributed by atoms with Gasteiger partial charge in [-0.1, -0.05) is 0 Å². The van der Waals surface area contributed by atoms with Crippen molar-refractivity contribution in [3.63, 3.8) is 0 Å². The maximum Gasteiger partial charge on any atom is 0.237 e. The molecule has 8 heteroatoms. The van der Waals surface area contributed by atoms with E-state index in [1.165, 1.54) is 36.5 Å². The molecule has 0 spiro atoms. The summed E-state index contributed by atoms with van der Waals surface area (Å²) in [6, 6.07) is 6.59. The van der Waals surface area contributed by atoms with Crippen molar-refractivity contribution in [2.24, 2.45) is 5.92 Å². The van der Waals surface area contributed by atoms with Gasteiger partial charge in [-0.2, -0.15) is 0 Å². The fraction of sp³-hybridized carbons (Fsp3) is 0.312. The van der Waals surface area contributed by atoms with Crippen LogP contribution in [0.5, 0.6) is 5.75 Å². The molecular formula is C16H15FN2O5. The average molecular weight is 334 g/mol. The molecule has 1 aliphatic rings. The molecule has 3 rings (SSSR count). The molecule has 0 N–H and O–H groups in total. The number of halogens is 1. The van der Waals surface area contributed by atoms with E-state index in [4.69, 9.17) is 9.15 Å². The van der Waals surface area contributed by atoms with Crippen molar-refractivity contribution in [2.45, 2.75) is 19.0 Å². The molecule has 1 amide bonds. The van der Waals surface area contributed by atoms with Gasteiger partial charge in [0.25, 0.3) is 0 Å². The van der Waals surface area contributed by atoms with E-state index in [0.29, 0.717) is 11.4 Å². The summed E-state index contributed by atoms with van der Waals surface area (Å²) in [5.41, 5.74) is 0.295. The van der Waals surface area contributed by atoms with Crippen LogP contribution in [-0.2, 0) is 11.3 Å². The van der Waals surface area contributed by atoms with Crippen molar-refractivity contribution in [2.75, 3.05) is 12.0 Å². The number of anilines is 1. The summed E-state index contributed by atoms with van der Waals surface area (Å²) in [4.78, 5) is 24.3. The summed E-state index contributed by atoms with van der Waals surface area (Å²) >= 11 is 0. The summed E-state index contributed by atoms with van der Waals surface area (Å²) in [5.74, 6) is -1.18. The van der Waals surface area contributed by atoms with E-state index in [2.05, 4.69) is 0 Å². The zero-order chi connectivity index (χ0) is 17.3. The van der Waals surface area contributed by atoms with Gasteiger partial charge in [-0.25, -0.2) is 4.39 Å². The largest absolute Gasteiger partial charge is 0.494 e. The number of nitro groups is 1. The van der Waals surface area contributed by atoms with Gasteiger partial charge in [0.2, 0.25) is 11.9 Å². The molecule has 2 aromatic rings. The Labute approximate surface area is 136 Å². The van der Waals surface area contributed by atoms with Crippen LogP contribution in [0.25, 0.3) is 0 Å². The van der Waals surface area contributed by atoms with Crippen LogP contribution in [0.3, 0.4) is 0 Å². The number of hydrogen-bond acceptors (Lipinski definition) is 5. The number of benzene rings is 1. The first kappa shape index (κ1) is 16.0. The summed E-state index contributed by atoms with van der Waals surface area (Å²) in [5, 5.41) is 10.8. The van der Waals surface area contributed by atoms with Crippen LogP contribution in [0.2, 0.25) is 0 Å². The number of furan rings is 1. The third-order valence-corrected chi connectivity index (χ3v) is 3.95. The second-order valence-electron chi connectivity index (χ2n) is 5.52. The van der Waals surface area contributed by atoms with Gasteiger partial charge < -0.3 is 14.1 Å². The van der Waals surface area contributed by atoms with E-state index < -0.39 is 28.6 Å². The van der Waals surface area contributed by atoms with E-state index in [1.807, 2.05) is 0 Å². The zero-order valence-corrected chi connectivity index (χ0v) is 12.8. The van der Waals surface area contributed by atoms with Gasteiger partial charge in [0.15, 0.2) is 11.6 Å². The van der Waals surface area contributed by atoms with E-state index in [-0.39, 0.29) is 18.7 Å². The maximum atomic E-state index is 14.0. The van der Waals surface area contributed by atoms with Gasteiger partial charge >= 0.3 is 0 Å². The molecule has 1 fully saturated rings. The number of carbonyl (C=O) groups excluding carboxylic acids is 1. The Morgan fingerprint density at radius 3 is 2.83 bits per heavy atom. The van der Waals surface area contributed by atoms with Gasteiger partial charge in [0, 0.05) is 23.1 Å². The molecule has 1 aromatic heterocycles. The minimum absolute atomic E-state index is 0.0544. The summed E-state index contributed by atoms with van der Waals surface area (Å²) in [6.07, 6.45) is 1.66. The number of carbonyl (C=O) groups is 1. The summed E-state index contributed by atoms with van der Waals surface area (Å²) in [6.45, 7) is 0.0680. The Hall–Kier alpha value is -2.90. The van der Waals surface area contributed by atoms with E-state index >= 15 is 0 Å². The van der Waals surface area contributed by atoms with E-state index in [9.17, 15) is 19.3 Å². The lowest BCUT2D eigenvalue weighted by Gasteiger charge is -2.22. The predicted octanol–water partition coefficient (Wildman–Crippen LogP) is 2.63. The van der Waals surface area contributed by atoms with Crippen molar-refractivity contribution in [3.8, 4) is 5.75 Å². The minimum atomic E-state index is -0.875. The average Bonchev–Trinajstić information content (AvgIpc) is 3.21. The van der Waals surface area contributed by atoms with Gasteiger partial charge in [0.1, 0.15) is 11.7 Å². The number of ether oxygens (including phenoxy) is 1. The number of amides is 1. The molecular weight excluding hydrogens is 319 g/mol. The third-order valence-electron chi connectivity index (χ3n) is 3.95. The summed E-state index contributed by atoms with van der Waals surface area (Å²) < 4.78 is 24.1. The van der Waals surface area contributed by atoms with Crippen LogP contribution in [0.1, 0.15) is 12.2 Å². The first-order valence-electron chi connectivity index (χ1n) is 7.32. The van der Waals surface area contributed by atoms with Crippen LogP contribution >= 0.6 is 0 Å². The van der Waals surface area contributed by atoms with Crippen molar-refractivity contribution in [1.29, 1.82) is 0 Å². The predicted molar refractivity (Wildman–Crippen MR) is 81.7 cm³/mol. The highest BCUT2D eigenvalue weighted by Gasteiger charge is 2.54. The van der Waals surface area contributed by atoms with Gasteiger partial charge in [0.05, 0.1) is 19.9 Å². The highest BCUT2D eigenvalue weighted by molar-refractivity contribution is 5.97.